The lowest BCUT2D eigenvalue weighted by Gasteiger charge is -2.32. The number of carbonyl (C=O) groups excluding carboxylic acids is 2. The van der Waals surface area contributed by atoms with Gasteiger partial charge in [-0.1, -0.05) is 107 Å². The van der Waals surface area contributed by atoms with E-state index < -0.39 is 6.04 Å². The third kappa shape index (κ3) is 8.54. The molecule has 5 heteroatoms. The van der Waals surface area contributed by atoms with Crippen LogP contribution in [0.1, 0.15) is 69.2 Å². The smallest absolute Gasteiger partial charge is 0.243 e. The van der Waals surface area contributed by atoms with E-state index in [2.05, 4.69) is 57.3 Å². The molecule has 0 saturated carbocycles. The number of unbranched alkanes of at least 4 members (excludes halogenated alkanes) is 1. The molecule has 38 heavy (non-hydrogen) atoms. The molecule has 4 nitrogen and oxygen atoms in total. The van der Waals surface area contributed by atoms with Gasteiger partial charge < -0.3 is 10.2 Å². The highest BCUT2D eigenvalue weighted by molar-refractivity contribution is 5.88. The third-order valence-corrected chi connectivity index (χ3v) is 6.85. The highest BCUT2D eigenvalue weighted by Gasteiger charge is 2.30. The lowest BCUT2D eigenvalue weighted by molar-refractivity contribution is -0.141. The number of nitrogens with one attached hydrogen (secondary N) is 1. The third-order valence-electron chi connectivity index (χ3n) is 6.85. The average Bonchev–Trinajstić information content (AvgIpc) is 2.90. The SMILES string of the molecule is CCCCNC(=O)[C@@H](Cc1ccccc1)N(Cc1ccccc1F)C(=O)CCc1ccc(C(C)(C)C)cc1. The Morgan fingerprint density at radius 1 is 0.895 bits per heavy atom. The molecule has 0 aliphatic carbocycles. The molecule has 0 unspecified atom stereocenters. The quantitative estimate of drug-likeness (QED) is 0.275. The molecule has 1 N–H and O–H groups in total. The lowest BCUT2D eigenvalue weighted by atomic mass is 9.86. The minimum Gasteiger partial charge on any atom is -0.354 e. The van der Waals surface area contributed by atoms with Crippen molar-refractivity contribution in [1.29, 1.82) is 0 Å². The van der Waals surface area contributed by atoms with E-state index in [1.54, 1.807) is 23.1 Å². The molecule has 1 atom stereocenters. The van der Waals surface area contributed by atoms with E-state index >= 15 is 0 Å². The summed E-state index contributed by atoms with van der Waals surface area (Å²) in [6, 6.07) is 23.7. The molecule has 202 valence electrons. The molecular formula is C33H41FN2O2. The summed E-state index contributed by atoms with van der Waals surface area (Å²) in [5, 5.41) is 3.01. The Morgan fingerprint density at radius 2 is 1.55 bits per heavy atom. The topological polar surface area (TPSA) is 49.4 Å². The van der Waals surface area contributed by atoms with Crippen molar-refractivity contribution in [2.45, 2.75) is 77.8 Å². The summed E-state index contributed by atoms with van der Waals surface area (Å²) >= 11 is 0. The molecule has 0 saturated heterocycles. The average molecular weight is 517 g/mol. The van der Waals surface area contributed by atoms with Crippen LogP contribution in [0.2, 0.25) is 0 Å². The number of hydrogen-bond acceptors (Lipinski definition) is 2. The van der Waals surface area contributed by atoms with Crippen LogP contribution in [0.3, 0.4) is 0 Å². The van der Waals surface area contributed by atoms with Gasteiger partial charge in [-0.3, -0.25) is 9.59 Å². The van der Waals surface area contributed by atoms with Gasteiger partial charge in [0.25, 0.3) is 0 Å². The van der Waals surface area contributed by atoms with Crippen LogP contribution in [-0.2, 0) is 34.4 Å². The van der Waals surface area contributed by atoms with E-state index in [-0.39, 0.29) is 36.0 Å². The van der Waals surface area contributed by atoms with Crippen molar-refractivity contribution in [3.05, 3.63) is 107 Å². The van der Waals surface area contributed by atoms with E-state index in [4.69, 9.17) is 0 Å². The van der Waals surface area contributed by atoms with Crippen LogP contribution in [-0.4, -0.2) is 29.3 Å². The Bertz CT molecular complexity index is 1170. The van der Waals surface area contributed by atoms with Crippen LogP contribution in [0.4, 0.5) is 4.39 Å². The monoisotopic (exact) mass is 516 g/mol. The zero-order chi connectivity index (χ0) is 27.5. The molecule has 0 aliphatic rings. The molecule has 0 aromatic heterocycles. The molecule has 2 amide bonds. The van der Waals surface area contributed by atoms with Gasteiger partial charge >= 0.3 is 0 Å². The van der Waals surface area contributed by atoms with Gasteiger partial charge in [-0.2, -0.15) is 0 Å². The first-order valence-electron chi connectivity index (χ1n) is 13.6. The molecule has 0 aliphatic heterocycles. The van der Waals surface area contributed by atoms with Gasteiger partial charge in [0, 0.05) is 31.5 Å². The Hall–Kier alpha value is -3.47. The van der Waals surface area contributed by atoms with E-state index in [0.717, 1.165) is 24.0 Å². The zero-order valence-electron chi connectivity index (χ0n) is 23.2. The van der Waals surface area contributed by atoms with Crippen LogP contribution in [0, 0.1) is 5.82 Å². The van der Waals surface area contributed by atoms with Crippen molar-refractivity contribution in [3.8, 4) is 0 Å². The molecule has 0 spiro atoms. The number of benzene rings is 3. The predicted octanol–water partition coefficient (Wildman–Crippen LogP) is 6.61. The van der Waals surface area contributed by atoms with E-state index in [9.17, 15) is 14.0 Å². The molecular weight excluding hydrogens is 475 g/mol. The van der Waals surface area contributed by atoms with Gasteiger partial charge in [0.1, 0.15) is 11.9 Å². The Kier molecular flexibility index (Phi) is 10.6. The van der Waals surface area contributed by atoms with Crippen LogP contribution in [0.15, 0.2) is 78.9 Å². The maximum Gasteiger partial charge on any atom is 0.243 e. The fraction of sp³-hybridized carbons (Fsp3) is 0.394. The van der Waals surface area contributed by atoms with Crippen molar-refractivity contribution < 1.29 is 14.0 Å². The fourth-order valence-electron chi connectivity index (χ4n) is 4.44. The second-order valence-corrected chi connectivity index (χ2v) is 10.9. The van der Waals surface area contributed by atoms with Gasteiger partial charge in [0.15, 0.2) is 0 Å². The van der Waals surface area contributed by atoms with Crippen molar-refractivity contribution >= 4 is 11.8 Å². The van der Waals surface area contributed by atoms with Crippen molar-refractivity contribution in [2.75, 3.05) is 6.54 Å². The Balaban J connectivity index is 1.87. The van der Waals surface area contributed by atoms with Gasteiger partial charge in [-0.05, 0) is 41.0 Å². The van der Waals surface area contributed by atoms with E-state index in [1.807, 2.05) is 30.3 Å². The highest BCUT2D eigenvalue weighted by Crippen LogP contribution is 2.23. The molecule has 0 fully saturated rings. The molecule has 3 rings (SSSR count). The standard InChI is InChI=1S/C33H41FN2O2/c1-5-6-22-35-32(38)30(23-26-12-8-7-9-13-26)36(24-27-14-10-11-15-29(27)34)31(37)21-18-25-16-19-28(20-17-25)33(2,3)4/h7-17,19-20,30H,5-6,18,21-24H2,1-4H3,(H,35,38)/t30-/m1/s1. The molecule has 0 heterocycles. The number of carbonyl (C=O) groups is 2. The summed E-state index contributed by atoms with van der Waals surface area (Å²) in [5.74, 6) is -0.755. The van der Waals surface area contributed by atoms with E-state index in [1.165, 1.54) is 11.6 Å². The zero-order valence-corrected chi connectivity index (χ0v) is 23.2. The minimum absolute atomic E-state index is 0.0349. The maximum atomic E-state index is 14.7. The summed E-state index contributed by atoms with van der Waals surface area (Å²) in [6.07, 6.45) is 2.95. The first-order chi connectivity index (χ1) is 18.2. The predicted molar refractivity (Wildman–Crippen MR) is 152 cm³/mol. The van der Waals surface area contributed by atoms with Crippen molar-refractivity contribution in [3.63, 3.8) is 0 Å². The van der Waals surface area contributed by atoms with E-state index in [0.29, 0.717) is 24.9 Å². The molecule has 0 radical (unpaired) electrons. The van der Waals surface area contributed by atoms with Gasteiger partial charge in [0.2, 0.25) is 11.8 Å². The second kappa shape index (κ2) is 13.9. The molecule has 3 aromatic rings. The number of amides is 2. The number of nitrogens with zero attached hydrogens (tertiary/aromatic N) is 1. The van der Waals surface area contributed by atoms with Gasteiger partial charge in [0.05, 0.1) is 0 Å². The van der Waals surface area contributed by atoms with Crippen LogP contribution < -0.4 is 5.32 Å². The van der Waals surface area contributed by atoms with Gasteiger partial charge in [-0.25, -0.2) is 4.39 Å². The normalized spacial score (nSPS) is 12.1. The summed E-state index contributed by atoms with van der Waals surface area (Å²) in [7, 11) is 0. The number of halogens is 1. The second-order valence-electron chi connectivity index (χ2n) is 10.9. The summed E-state index contributed by atoms with van der Waals surface area (Å²) in [5.41, 5.74) is 3.70. The number of rotatable bonds is 12. The summed E-state index contributed by atoms with van der Waals surface area (Å²) in [4.78, 5) is 28.8. The first-order valence-corrected chi connectivity index (χ1v) is 13.6. The van der Waals surface area contributed by atoms with Crippen molar-refractivity contribution in [2.24, 2.45) is 0 Å². The minimum atomic E-state index is -0.746. The first kappa shape index (κ1) is 29.1. The lowest BCUT2D eigenvalue weighted by Crippen LogP contribution is -2.50. The largest absolute Gasteiger partial charge is 0.354 e. The molecule has 3 aromatic carbocycles. The van der Waals surface area contributed by atoms with Crippen LogP contribution in [0.25, 0.3) is 0 Å². The Morgan fingerprint density at radius 3 is 2.18 bits per heavy atom. The van der Waals surface area contributed by atoms with Crippen LogP contribution >= 0.6 is 0 Å². The highest BCUT2D eigenvalue weighted by atomic mass is 19.1. The number of hydrogen-bond donors (Lipinski definition) is 1. The summed E-state index contributed by atoms with van der Waals surface area (Å²) < 4.78 is 14.7. The number of aryl methyl sites for hydroxylation is 1. The van der Waals surface area contributed by atoms with Gasteiger partial charge in [-0.15, -0.1) is 0 Å². The maximum absolute atomic E-state index is 14.7. The molecule has 0 bridgehead atoms. The van der Waals surface area contributed by atoms with Crippen molar-refractivity contribution in [1.82, 2.24) is 10.2 Å². The Labute approximate surface area is 227 Å². The van der Waals surface area contributed by atoms with Crippen LogP contribution in [0.5, 0.6) is 0 Å². The fourth-order valence-corrected chi connectivity index (χ4v) is 4.44. The summed E-state index contributed by atoms with van der Waals surface area (Å²) in [6.45, 7) is 9.16.